The molecule has 0 radical (unpaired) electrons. The Morgan fingerprint density at radius 1 is 1.48 bits per heavy atom. The summed E-state index contributed by atoms with van der Waals surface area (Å²) in [5.74, 6) is -0.202. The monoisotopic (exact) mass is 313 g/mol. The van der Waals surface area contributed by atoms with Crippen LogP contribution in [0.3, 0.4) is 0 Å². The van der Waals surface area contributed by atoms with E-state index in [0.717, 1.165) is 12.8 Å². The van der Waals surface area contributed by atoms with Crippen LogP contribution in [0.15, 0.2) is 18.7 Å². The van der Waals surface area contributed by atoms with Gasteiger partial charge in [0.25, 0.3) is 0 Å². The van der Waals surface area contributed by atoms with Crippen molar-refractivity contribution >= 4 is 15.7 Å². The van der Waals surface area contributed by atoms with E-state index in [1.807, 2.05) is 17.7 Å². The van der Waals surface area contributed by atoms with Gasteiger partial charge >= 0.3 is 0 Å². The largest absolute Gasteiger partial charge is 0.340 e. The van der Waals surface area contributed by atoms with Crippen LogP contribution in [0.5, 0.6) is 0 Å². The second kappa shape index (κ2) is 6.60. The van der Waals surface area contributed by atoms with E-state index in [-0.39, 0.29) is 17.7 Å². The van der Waals surface area contributed by atoms with E-state index >= 15 is 0 Å². The lowest BCUT2D eigenvalue weighted by Gasteiger charge is -2.34. The van der Waals surface area contributed by atoms with Crippen molar-refractivity contribution in [3.8, 4) is 0 Å². The first-order valence-corrected chi connectivity index (χ1v) is 9.15. The molecule has 6 nitrogen and oxygen atoms in total. The number of carbonyl (C=O) groups excluding carboxylic acids is 1. The van der Waals surface area contributed by atoms with Gasteiger partial charge in [-0.15, -0.1) is 0 Å². The summed E-state index contributed by atoms with van der Waals surface area (Å²) >= 11 is 0. The highest BCUT2D eigenvalue weighted by Gasteiger charge is 2.33. The fourth-order valence-corrected chi connectivity index (χ4v) is 4.13. The molecule has 7 heteroatoms. The average Bonchev–Trinajstić information content (AvgIpc) is 3.00. The molecule has 1 aliphatic rings. The van der Waals surface area contributed by atoms with E-state index in [1.165, 1.54) is 6.92 Å². The predicted octanol–water partition coefficient (Wildman–Crippen LogP) is 1.26. The molecule has 0 N–H and O–H groups in total. The smallest absolute Gasteiger partial charge is 0.240 e. The molecular weight excluding hydrogens is 290 g/mol. The second-order valence-corrected chi connectivity index (χ2v) is 8.04. The van der Waals surface area contributed by atoms with E-state index in [1.54, 1.807) is 17.4 Å². The van der Waals surface area contributed by atoms with Crippen molar-refractivity contribution in [2.24, 2.45) is 0 Å². The molecule has 1 saturated heterocycles. The van der Waals surface area contributed by atoms with Crippen LogP contribution in [0.2, 0.25) is 0 Å². The Labute approximate surface area is 126 Å². The summed E-state index contributed by atoms with van der Waals surface area (Å²) < 4.78 is 26.1. The van der Waals surface area contributed by atoms with Gasteiger partial charge in [-0.05, 0) is 26.2 Å². The zero-order valence-electron chi connectivity index (χ0n) is 12.6. The van der Waals surface area contributed by atoms with Gasteiger partial charge in [0.05, 0.1) is 18.1 Å². The number of aromatic nitrogens is 2. The van der Waals surface area contributed by atoms with Crippen molar-refractivity contribution in [3.63, 3.8) is 0 Å². The van der Waals surface area contributed by atoms with E-state index in [9.17, 15) is 13.2 Å². The van der Waals surface area contributed by atoms with Gasteiger partial charge in [0.15, 0.2) is 9.84 Å². The Kier molecular flexibility index (Phi) is 5.03. The summed E-state index contributed by atoms with van der Waals surface area (Å²) in [5.41, 5.74) is 0. The number of nitrogens with zero attached hydrogens (tertiary/aromatic N) is 3. The average molecular weight is 313 g/mol. The molecule has 21 heavy (non-hydrogen) atoms. The number of piperidine rings is 1. The predicted molar refractivity (Wildman–Crippen MR) is 80.6 cm³/mol. The van der Waals surface area contributed by atoms with E-state index in [4.69, 9.17) is 0 Å². The van der Waals surface area contributed by atoms with Gasteiger partial charge in [0.2, 0.25) is 5.91 Å². The molecule has 2 heterocycles. The zero-order valence-corrected chi connectivity index (χ0v) is 13.4. The first-order valence-electron chi connectivity index (χ1n) is 7.43. The summed E-state index contributed by atoms with van der Waals surface area (Å²) in [4.78, 5) is 18.2. The fourth-order valence-electron chi connectivity index (χ4n) is 2.76. The molecule has 1 aromatic heterocycles. The molecule has 0 aromatic carbocycles. The molecule has 2 rings (SSSR count). The Hall–Kier alpha value is -1.37. The number of sulfone groups is 1. The van der Waals surface area contributed by atoms with Gasteiger partial charge in [0, 0.05) is 25.5 Å². The number of hydrogen-bond donors (Lipinski definition) is 0. The van der Waals surface area contributed by atoms with Gasteiger partial charge in [-0.3, -0.25) is 4.79 Å². The Morgan fingerprint density at radius 3 is 2.86 bits per heavy atom. The third kappa shape index (κ3) is 3.64. The minimum absolute atomic E-state index is 0.0682. The van der Waals surface area contributed by atoms with Crippen LogP contribution in [-0.2, 0) is 14.6 Å². The quantitative estimate of drug-likeness (QED) is 0.820. The molecule has 0 spiro atoms. The fraction of sp³-hybridized carbons (Fsp3) is 0.714. The van der Waals surface area contributed by atoms with Gasteiger partial charge in [0.1, 0.15) is 5.25 Å². The van der Waals surface area contributed by atoms with Crippen LogP contribution < -0.4 is 0 Å². The first kappa shape index (κ1) is 16.0. The lowest BCUT2D eigenvalue weighted by Crippen LogP contribution is -2.47. The zero-order chi connectivity index (χ0) is 15.5. The number of imidazole rings is 1. The lowest BCUT2D eigenvalue weighted by atomic mass is 10.1. The molecule has 2 atom stereocenters. The van der Waals surface area contributed by atoms with Gasteiger partial charge in [-0.25, -0.2) is 13.4 Å². The second-order valence-electron chi connectivity index (χ2n) is 5.60. The molecule has 0 bridgehead atoms. The van der Waals surface area contributed by atoms with Crippen molar-refractivity contribution < 1.29 is 13.2 Å². The number of amides is 1. The molecule has 1 aromatic rings. The van der Waals surface area contributed by atoms with Crippen molar-refractivity contribution in [2.75, 3.05) is 18.8 Å². The number of carbonyl (C=O) groups is 1. The number of likely N-dealkylation sites (tertiary alicyclic amines) is 1. The van der Waals surface area contributed by atoms with Crippen molar-refractivity contribution in [1.29, 1.82) is 0 Å². The maximum absolute atomic E-state index is 12.5. The molecule has 0 saturated carbocycles. The SMILES string of the molecule is CCCS(=O)(=O)[C@@H](C)C(=O)N1CCC[C@H](n2ccnc2)C1. The highest BCUT2D eigenvalue weighted by molar-refractivity contribution is 7.92. The minimum Gasteiger partial charge on any atom is -0.340 e. The molecule has 118 valence electrons. The maximum atomic E-state index is 12.5. The van der Waals surface area contributed by atoms with Crippen molar-refractivity contribution in [1.82, 2.24) is 14.5 Å². The van der Waals surface area contributed by atoms with Gasteiger partial charge in [-0.2, -0.15) is 0 Å². The van der Waals surface area contributed by atoms with Crippen molar-refractivity contribution in [2.45, 2.75) is 44.4 Å². The minimum atomic E-state index is -3.34. The summed E-state index contributed by atoms with van der Waals surface area (Å²) in [7, 11) is -3.34. The van der Waals surface area contributed by atoms with Gasteiger partial charge < -0.3 is 9.47 Å². The summed E-state index contributed by atoms with van der Waals surface area (Å²) in [5, 5.41) is -0.945. The third-order valence-electron chi connectivity index (χ3n) is 4.03. The van der Waals surface area contributed by atoms with E-state index in [2.05, 4.69) is 4.98 Å². The summed E-state index contributed by atoms with van der Waals surface area (Å²) in [6.07, 6.45) is 7.75. The van der Waals surface area contributed by atoms with Crippen LogP contribution >= 0.6 is 0 Å². The van der Waals surface area contributed by atoms with Gasteiger partial charge in [-0.1, -0.05) is 6.92 Å². The van der Waals surface area contributed by atoms with Crippen LogP contribution in [-0.4, -0.2) is 52.9 Å². The topological polar surface area (TPSA) is 72.3 Å². The number of rotatable bonds is 5. The molecule has 1 aliphatic heterocycles. The van der Waals surface area contributed by atoms with E-state index < -0.39 is 15.1 Å². The number of hydrogen-bond acceptors (Lipinski definition) is 4. The third-order valence-corrected chi connectivity index (χ3v) is 6.29. The van der Waals surface area contributed by atoms with Crippen LogP contribution in [0, 0.1) is 0 Å². The van der Waals surface area contributed by atoms with Crippen LogP contribution in [0.1, 0.15) is 39.2 Å². The summed E-state index contributed by atoms with van der Waals surface area (Å²) in [6.45, 7) is 4.51. The standard InChI is InChI=1S/C14H23N3O3S/c1-3-9-21(19,20)12(2)14(18)16-7-4-5-13(10-16)17-8-6-15-11-17/h6,8,11-13H,3-5,7,9-10H2,1-2H3/t12-,13-/m0/s1. The molecule has 0 unspecified atom stereocenters. The molecular formula is C14H23N3O3S. The van der Waals surface area contributed by atoms with Crippen molar-refractivity contribution in [3.05, 3.63) is 18.7 Å². The normalized spacial score (nSPS) is 21.2. The Balaban J connectivity index is 2.05. The van der Waals surface area contributed by atoms with Crippen LogP contribution in [0.4, 0.5) is 0 Å². The summed E-state index contributed by atoms with van der Waals surface area (Å²) in [6, 6.07) is 0.186. The van der Waals surface area contributed by atoms with E-state index in [0.29, 0.717) is 19.5 Å². The maximum Gasteiger partial charge on any atom is 0.240 e. The van der Waals surface area contributed by atoms with Crippen LogP contribution in [0.25, 0.3) is 0 Å². The highest BCUT2D eigenvalue weighted by Crippen LogP contribution is 2.22. The first-order chi connectivity index (χ1) is 9.95. The Morgan fingerprint density at radius 2 is 2.24 bits per heavy atom. The highest BCUT2D eigenvalue weighted by atomic mass is 32.2. The lowest BCUT2D eigenvalue weighted by molar-refractivity contribution is -0.132. The molecule has 1 amide bonds. The Bertz CT molecular complexity index is 568. The molecule has 1 fully saturated rings. The molecule has 0 aliphatic carbocycles.